The van der Waals surface area contributed by atoms with E-state index in [4.69, 9.17) is 13.6 Å². The summed E-state index contributed by atoms with van der Waals surface area (Å²) in [5.41, 5.74) is 0.963. The number of benzene rings is 1. The van der Waals surface area contributed by atoms with E-state index in [1.165, 1.54) is 43.9 Å². The zero-order valence-electron chi connectivity index (χ0n) is 14.3. The summed E-state index contributed by atoms with van der Waals surface area (Å²) >= 11 is 0. The molecule has 27 heavy (non-hydrogen) atoms. The molecule has 0 fully saturated rings. The van der Waals surface area contributed by atoms with E-state index in [2.05, 4.69) is 10.1 Å². The third-order valence-electron chi connectivity index (χ3n) is 3.61. The Morgan fingerprint density at radius 3 is 2.41 bits per heavy atom. The molecular formula is C19H15NO7. The lowest BCUT2D eigenvalue weighted by molar-refractivity contribution is 0.0432. The number of hydrogen-bond donors (Lipinski definition) is 1. The number of methoxy groups -OCH3 is 1. The highest BCUT2D eigenvalue weighted by Gasteiger charge is 2.17. The van der Waals surface area contributed by atoms with Gasteiger partial charge in [0.2, 0.25) is 0 Å². The standard InChI is InChI=1S/C19H15NO7/c1-24-19(23)14-8-10-26-16(14)11-27-18(22)12-4-6-13(7-5-12)20-17(21)15-3-2-9-25-15/h2-10H,11H2,1H3,(H,20,21). The monoisotopic (exact) mass is 369 g/mol. The lowest BCUT2D eigenvalue weighted by Gasteiger charge is -2.06. The molecule has 0 saturated heterocycles. The van der Waals surface area contributed by atoms with Gasteiger partial charge in [-0.05, 0) is 42.5 Å². The van der Waals surface area contributed by atoms with Crippen molar-refractivity contribution < 1.29 is 32.7 Å². The van der Waals surface area contributed by atoms with Gasteiger partial charge in [0.15, 0.2) is 18.1 Å². The first-order valence-corrected chi connectivity index (χ1v) is 7.85. The summed E-state index contributed by atoms with van der Waals surface area (Å²) in [5, 5.41) is 2.64. The molecule has 0 aliphatic heterocycles. The van der Waals surface area contributed by atoms with Gasteiger partial charge >= 0.3 is 11.9 Å². The molecule has 0 aliphatic rings. The fourth-order valence-electron chi connectivity index (χ4n) is 2.25. The van der Waals surface area contributed by atoms with Crippen LogP contribution in [0.2, 0.25) is 0 Å². The summed E-state index contributed by atoms with van der Waals surface area (Å²) in [7, 11) is 1.25. The van der Waals surface area contributed by atoms with E-state index in [9.17, 15) is 14.4 Å². The second-order valence-corrected chi connectivity index (χ2v) is 5.33. The number of ether oxygens (including phenoxy) is 2. The molecule has 1 N–H and O–H groups in total. The fraction of sp³-hybridized carbons (Fsp3) is 0.105. The average Bonchev–Trinajstić information content (AvgIpc) is 3.38. The number of carbonyl (C=O) groups excluding carboxylic acids is 3. The molecule has 0 aliphatic carbocycles. The third kappa shape index (κ3) is 4.24. The smallest absolute Gasteiger partial charge is 0.341 e. The number of amides is 1. The van der Waals surface area contributed by atoms with E-state index in [1.54, 1.807) is 18.2 Å². The van der Waals surface area contributed by atoms with E-state index in [0.717, 1.165) is 0 Å². The molecule has 0 unspecified atom stereocenters. The molecule has 1 amide bonds. The van der Waals surface area contributed by atoms with Crippen LogP contribution in [0.15, 0.2) is 63.8 Å². The van der Waals surface area contributed by atoms with Gasteiger partial charge in [0.05, 0.1) is 25.2 Å². The van der Waals surface area contributed by atoms with Crippen LogP contribution in [-0.2, 0) is 16.1 Å². The van der Waals surface area contributed by atoms with Gasteiger partial charge in [0, 0.05) is 5.69 Å². The Kier molecular flexibility index (Phi) is 5.36. The first kappa shape index (κ1) is 18.0. The van der Waals surface area contributed by atoms with Crippen LogP contribution in [0.4, 0.5) is 5.69 Å². The van der Waals surface area contributed by atoms with Crippen LogP contribution < -0.4 is 5.32 Å². The van der Waals surface area contributed by atoms with Gasteiger partial charge in [-0.2, -0.15) is 0 Å². The quantitative estimate of drug-likeness (QED) is 0.664. The summed E-state index contributed by atoms with van der Waals surface area (Å²) in [5.74, 6) is -1.21. The van der Waals surface area contributed by atoms with E-state index in [-0.39, 0.29) is 29.3 Å². The van der Waals surface area contributed by atoms with Crippen molar-refractivity contribution in [3.05, 3.63) is 77.6 Å². The van der Waals surface area contributed by atoms with Crippen LogP contribution in [0, 0.1) is 0 Å². The maximum absolute atomic E-state index is 12.1. The first-order valence-electron chi connectivity index (χ1n) is 7.85. The van der Waals surface area contributed by atoms with E-state index >= 15 is 0 Å². The molecule has 0 bridgehead atoms. The number of esters is 2. The van der Waals surface area contributed by atoms with Gasteiger partial charge in [-0.25, -0.2) is 9.59 Å². The summed E-state index contributed by atoms with van der Waals surface area (Å²) in [4.78, 5) is 35.6. The minimum absolute atomic E-state index is 0.179. The zero-order valence-corrected chi connectivity index (χ0v) is 14.3. The Labute approximate surface area is 153 Å². The third-order valence-corrected chi connectivity index (χ3v) is 3.61. The minimum Gasteiger partial charge on any atom is -0.465 e. The highest BCUT2D eigenvalue weighted by molar-refractivity contribution is 6.02. The molecule has 0 atom stereocenters. The predicted octanol–water partition coefficient (Wildman–Crippen LogP) is 3.27. The molecule has 1 aromatic carbocycles. The maximum atomic E-state index is 12.1. The van der Waals surface area contributed by atoms with Crippen molar-refractivity contribution in [2.75, 3.05) is 12.4 Å². The van der Waals surface area contributed by atoms with Crippen LogP contribution in [0.3, 0.4) is 0 Å². The number of hydrogen-bond acceptors (Lipinski definition) is 7. The van der Waals surface area contributed by atoms with Gasteiger partial charge in [0.25, 0.3) is 5.91 Å². The van der Waals surface area contributed by atoms with Crippen LogP contribution in [0.5, 0.6) is 0 Å². The van der Waals surface area contributed by atoms with Crippen molar-refractivity contribution >= 4 is 23.5 Å². The van der Waals surface area contributed by atoms with E-state index in [1.807, 2.05) is 0 Å². The molecule has 3 aromatic rings. The number of rotatable bonds is 6. The van der Waals surface area contributed by atoms with Crippen molar-refractivity contribution in [3.8, 4) is 0 Å². The Balaban J connectivity index is 1.59. The second-order valence-electron chi connectivity index (χ2n) is 5.33. The van der Waals surface area contributed by atoms with Crippen LogP contribution in [0.25, 0.3) is 0 Å². The number of furan rings is 2. The molecule has 2 aromatic heterocycles. The van der Waals surface area contributed by atoms with Crippen molar-refractivity contribution in [2.24, 2.45) is 0 Å². The molecule has 0 saturated carbocycles. The Morgan fingerprint density at radius 1 is 0.963 bits per heavy atom. The Bertz CT molecular complexity index is 939. The van der Waals surface area contributed by atoms with Gasteiger partial charge in [0.1, 0.15) is 5.56 Å². The van der Waals surface area contributed by atoms with Crippen LogP contribution in [0.1, 0.15) is 37.0 Å². The van der Waals surface area contributed by atoms with Gasteiger partial charge in [-0.15, -0.1) is 0 Å². The fourth-order valence-corrected chi connectivity index (χ4v) is 2.25. The summed E-state index contributed by atoms with van der Waals surface area (Å²) in [6.45, 7) is -0.215. The van der Waals surface area contributed by atoms with Gasteiger partial charge in [-0.3, -0.25) is 4.79 Å². The highest BCUT2D eigenvalue weighted by Crippen LogP contribution is 2.16. The topological polar surface area (TPSA) is 108 Å². The van der Waals surface area contributed by atoms with Gasteiger partial charge < -0.3 is 23.6 Å². The van der Waals surface area contributed by atoms with Crippen LogP contribution >= 0.6 is 0 Å². The van der Waals surface area contributed by atoms with Crippen molar-refractivity contribution in [3.63, 3.8) is 0 Å². The average molecular weight is 369 g/mol. The Morgan fingerprint density at radius 2 is 1.74 bits per heavy atom. The molecular weight excluding hydrogens is 354 g/mol. The SMILES string of the molecule is COC(=O)c1ccoc1COC(=O)c1ccc(NC(=O)c2ccco2)cc1. The number of anilines is 1. The highest BCUT2D eigenvalue weighted by atomic mass is 16.5. The van der Waals surface area contributed by atoms with Gasteiger partial charge in [-0.1, -0.05) is 0 Å². The lowest BCUT2D eigenvalue weighted by Crippen LogP contribution is -2.11. The first-order chi connectivity index (χ1) is 13.1. The molecule has 8 heteroatoms. The zero-order chi connectivity index (χ0) is 19.2. The van der Waals surface area contributed by atoms with Crippen molar-refractivity contribution in [2.45, 2.75) is 6.61 Å². The largest absolute Gasteiger partial charge is 0.465 e. The van der Waals surface area contributed by atoms with E-state index < -0.39 is 17.8 Å². The number of nitrogens with one attached hydrogen (secondary N) is 1. The van der Waals surface area contributed by atoms with Crippen molar-refractivity contribution in [1.82, 2.24) is 0 Å². The predicted molar refractivity (Wildman–Crippen MR) is 92.3 cm³/mol. The summed E-state index contributed by atoms with van der Waals surface area (Å²) < 4.78 is 19.9. The van der Waals surface area contributed by atoms with E-state index in [0.29, 0.717) is 5.69 Å². The molecule has 2 heterocycles. The molecule has 138 valence electrons. The Hall–Kier alpha value is -3.81. The lowest BCUT2D eigenvalue weighted by atomic mass is 10.2. The molecule has 8 nitrogen and oxygen atoms in total. The summed E-state index contributed by atoms with van der Waals surface area (Å²) in [6, 6.07) is 10.7. The maximum Gasteiger partial charge on any atom is 0.341 e. The molecule has 0 radical (unpaired) electrons. The summed E-state index contributed by atoms with van der Waals surface area (Å²) in [6.07, 6.45) is 2.71. The normalized spacial score (nSPS) is 10.3. The van der Waals surface area contributed by atoms with Crippen molar-refractivity contribution in [1.29, 1.82) is 0 Å². The van der Waals surface area contributed by atoms with Crippen LogP contribution in [-0.4, -0.2) is 25.0 Å². The minimum atomic E-state index is -0.605. The number of carbonyl (C=O) groups is 3. The molecule has 3 rings (SSSR count). The molecule has 0 spiro atoms. The second kappa shape index (κ2) is 8.05.